The lowest BCUT2D eigenvalue weighted by atomic mass is 10.0. The van der Waals surface area contributed by atoms with Gasteiger partial charge in [-0.15, -0.1) is 0 Å². The molecule has 1 heterocycles. The molecule has 0 aliphatic carbocycles. The Morgan fingerprint density at radius 1 is 1.16 bits per heavy atom. The zero-order valence-electron chi connectivity index (χ0n) is 17.2. The maximum absolute atomic E-state index is 13.8. The zero-order chi connectivity index (χ0) is 23.0. The van der Waals surface area contributed by atoms with Crippen molar-refractivity contribution in [1.82, 2.24) is 10.2 Å². The summed E-state index contributed by atoms with van der Waals surface area (Å²) >= 11 is 11.1. The molecule has 1 aromatic carbocycles. The summed E-state index contributed by atoms with van der Waals surface area (Å²) < 4.78 is 42.8. The molecule has 0 saturated carbocycles. The largest absolute Gasteiger partial charge is 0.455 e. The summed E-state index contributed by atoms with van der Waals surface area (Å²) in [6.07, 6.45) is 3.33. The Bertz CT molecular complexity index is 846. The molecule has 11 heteroatoms. The number of sulfone groups is 1. The van der Waals surface area contributed by atoms with Crippen LogP contribution in [0.3, 0.4) is 0 Å². The molecule has 1 N–H and O–H groups in total. The summed E-state index contributed by atoms with van der Waals surface area (Å²) in [5, 5.41) is 2.34. The molecule has 1 amide bonds. The second kappa shape index (κ2) is 12.0. The van der Waals surface area contributed by atoms with Gasteiger partial charge in [-0.1, -0.05) is 41.8 Å². The van der Waals surface area contributed by atoms with E-state index >= 15 is 0 Å². The van der Waals surface area contributed by atoms with Crippen LogP contribution in [0.5, 0.6) is 0 Å². The van der Waals surface area contributed by atoms with Crippen LogP contribution in [-0.2, 0) is 24.2 Å². The number of likely N-dealkylation sites (tertiary alicyclic amines) is 1. The summed E-state index contributed by atoms with van der Waals surface area (Å²) in [7, 11) is -3.44. The van der Waals surface area contributed by atoms with Crippen molar-refractivity contribution >= 4 is 44.9 Å². The lowest BCUT2D eigenvalue weighted by Crippen LogP contribution is -2.44. The summed E-state index contributed by atoms with van der Waals surface area (Å²) in [5.74, 6) is -1.38. The minimum Gasteiger partial charge on any atom is -0.455 e. The molecule has 2 atom stereocenters. The summed E-state index contributed by atoms with van der Waals surface area (Å²) in [6, 6.07) is 4.28. The zero-order valence-corrected chi connectivity index (χ0v) is 19.6. The number of rotatable bonds is 10. The van der Waals surface area contributed by atoms with Gasteiger partial charge >= 0.3 is 5.97 Å². The first-order valence-corrected chi connectivity index (χ1v) is 12.7. The second-order valence-corrected chi connectivity index (χ2v) is 10.6. The number of nitrogens with one attached hydrogen (secondary N) is 1. The molecule has 0 aromatic heterocycles. The Hall–Kier alpha value is -1.42. The third-order valence-electron chi connectivity index (χ3n) is 5.03. The third kappa shape index (κ3) is 8.21. The molecule has 1 saturated heterocycles. The number of piperidine rings is 1. The molecule has 0 spiro atoms. The van der Waals surface area contributed by atoms with Crippen molar-refractivity contribution in [1.29, 1.82) is 0 Å². The fourth-order valence-corrected chi connectivity index (χ4v) is 4.12. The molecule has 0 radical (unpaired) electrons. The van der Waals surface area contributed by atoms with Gasteiger partial charge < -0.3 is 15.0 Å². The third-order valence-corrected chi connectivity index (χ3v) is 6.56. The van der Waals surface area contributed by atoms with E-state index in [9.17, 15) is 22.4 Å². The van der Waals surface area contributed by atoms with Gasteiger partial charge in [0.05, 0.1) is 17.4 Å². The number of esters is 1. The average Bonchev–Trinajstić information content (AvgIpc) is 2.74. The number of hydrogen-bond acceptors (Lipinski definition) is 6. The minimum atomic E-state index is -3.44. The van der Waals surface area contributed by atoms with Gasteiger partial charge in [0.25, 0.3) is 5.91 Å². The topological polar surface area (TPSA) is 92.8 Å². The van der Waals surface area contributed by atoms with E-state index in [0.29, 0.717) is 12.1 Å². The Balaban J connectivity index is 2.17. The molecular weight excluding hydrogens is 470 g/mol. The van der Waals surface area contributed by atoms with Crippen molar-refractivity contribution in [2.75, 3.05) is 32.6 Å². The van der Waals surface area contributed by atoms with Crippen LogP contribution in [0.4, 0.5) is 4.39 Å². The van der Waals surface area contributed by atoms with Crippen LogP contribution >= 0.6 is 23.2 Å². The molecular formula is C20H27Cl2FN2O5S. The van der Waals surface area contributed by atoms with E-state index in [4.69, 9.17) is 27.9 Å². The second-order valence-electron chi connectivity index (χ2n) is 7.47. The highest BCUT2D eigenvalue weighted by Gasteiger charge is 2.30. The number of ether oxygens (including phenoxy) is 1. The number of hydrogen-bond donors (Lipinski definition) is 1. The molecule has 0 bridgehead atoms. The van der Waals surface area contributed by atoms with E-state index in [1.54, 1.807) is 0 Å². The van der Waals surface area contributed by atoms with Crippen molar-refractivity contribution in [2.24, 2.45) is 0 Å². The van der Waals surface area contributed by atoms with Gasteiger partial charge in [0.2, 0.25) is 0 Å². The first-order chi connectivity index (χ1) is 14.6. The van der Waals surface area contributed by atoms with Crippen LogP contribution in [0.25, 0.3) is 0 Å². The molecule has 2 rings (SSSR count). The SMILES string of the molecule is CS(=O)(=O)c1ccc([C@@H](OC(=O)CCN2CCCCC2)[C@@H](CF)NC(=O)C(Cl)Cl)cc1. The number of halogens is 3. The van der Waals surface area contributed by atoms with Gasteiger partial charge in [0.1, 0.15) is 12.8 Å². The number of nitrogens with zero attached hydrogens (tertiary/aromatic N) is 1. The number of carbonyl (C=O) groups excluding carboxylic acids is 2. The van der Waals surface area contributed by atoms with Crippen LogP contribution in [0.2, 0.25) is 0 Å². The maximum atomic E-state index is 13.8. The fourth-order valence-electron chi connectivity index (χ4n) is 3.36. The minimum absolute atomic E-state index is 0.0637. The Morgan fingerprint density at radius 2 is 1.77 bits per heavy atom. The van der Waals surface area contributed by atoms with Gasteiger partial charge in [-0.3, -0.25) is 9.59 Å². The lowest BCUT2D eigenvalue weighted by Gasteiger charge is -2.28. The van der Waals surface area contributed by atoms with Crippen molar-refractivity contribution in [3.8, 4) is 0 Å². The quantitative estimate of drug-likeness (QED) is 0.395. The number of carbonyl (C=O) groups is 2. The molecule has 1 aromatic rings. The number of benzene rings is 1. The average molecular weight is 497 g/mol. The van der Waals surface area contributed by atoms with Crippen molar-refractivity contribution in [3.63, 3.8) is 0 Å². The van der Waals surface area contributed by atoms with Gasteiger partial charge in [-0.05, 0) is 43.6 Å². The normalized spacial score (nSPS) is 17.2. The standard InChI is InChI=1S/C20H27Cl2FN2O5S/c1-31(28,29)15-7-5-14(6-8-15)18(16(13-23)24-20(27)19(21)22)30-17(26)9-12-25-10-3-2-4-11-25/h5-8,16,18-19H,2-4,9-13H2,1H3,(H,24,27)/t16-,18-/m1/s1. The highest BCUT2D eigenvalue weighted by molar-refractivity contribution is 7.90. The van der Waals surface area contributed by atoms with Crippen molar-refractivity contribution in [3.05, 3.63) is 29.8 Å². The van der Waals surface area contributed by atoms with Crippen LogP contribution in [-0.4, -0.2) is 68.6 Å². The van der Waals surface area contributed by atoms with Gasteiger partial charge in [0.15, 0.2) is 14.7 Å². The molecule has 7 nitrogen and oxygen atoms in total. The Labute approximate surface area is 192 Å². The van der Waals surface area contributed by atoms with E-state index < -0.39 is 45.4 Å². The fraction of sp³-hybridized carbons (Fsp3) is 0.600. The smallest absolute Gasteiger partial charge is 0.307 e. The van der Waals surface area contributed by atoms with Crippen LogP contribution in [0.15, 0.2) is 29.2 Å². The van der Waals surface area contributed by atoms with E-state index in [1.807, 2.05) is 0 Å². The predicted octanol–water partition coefficient (Wildman–Crippen LogP) is 2.81. The highest BCUT2D eigenvalue weighted by atomic mass is 35.5. The molecule has 1 aliphatic rings. The lowest BCUT2D eigenvalue weighted by molar-refractivity contribution is -0.152. The van der Waals surface area contributed by atoms with Gasteiger partial charge in [-0.2, -0.15) is 0 Å². The summed E-state index contributed by atoms with van der Waals surface area (Å²) in [4.78, 5) is 25.2. The van der Waals surface area contributed by atoms with E-state index in [-0.39, 0.29) is 11.3 Å². The van der Waals surface area contributed by atoms with Crippen LogP contribution < -0.4 is 5.32 Å². The molecule has 1 aliphatic heterocycles. The maximum Gasteiger partial charge on any atom is 0.307 e. The van der Waals surface area contributed by atoms with E-state index in [1.165, 1.54) is 30.7 Å². The Morgan fingerprint density at radius 3 is 2.29 bits per heavy atom. The first kappa shape index (κ1) is 25.8. The predicted molar refractivity (Wildman–Crippen MR) is 117 cm³/mol. The van der Waals surface area contributed by atoms with E-state index in [2.05, 4.69) is 10.2 Å². The molecule has 31 heavy (non-hydrogen) atoms. The molecule has 1 fully saturated rings. The van der Waals surface area contributed by atoms with Crippen LogP contribution in [0, 0.1) is 0 Å². The monoisotopic (exact) mass is 496 g/mol. The van der Waals surface area contributed by atoms with E-state index in [0.717, 1.165) is 32.2 Å². The first-order valence-electron chi connectivity index (χ1n) is 9.98. The Kier molecular flexibility index (Phi) is 9.99. The number of amides is 1. The van der Waals surface area contributed by atoms with Gasteiger partial charge in [-0.25, -0.2) is 12.8 Å². The van der Waals surface area contributed by atoms with Crippen molar-refractivity contribution in [2.45, 2.75) is 47.6 Å². The summed E-state index contributed by atoms with van der Waals surface area (Å²) in [6.45, 7) is 1.31. The van der Waals surface area contributed by atoms with Crippen molar-refractivity contribution < 1.29 is 27.1 Å². The highest BCUT2D eigenvalue weighted by Crippen LogP contribution is 2.25. The summed E-state index contributed by atoms with van der Waals surface area (Å²) in [5.41, 5.74) is 0.336. The van der Waals surface area contributed by atoms with Gasteiger partial charge in [0, 0.05) is 12.8 Å². The van der Waals surface area contributed by atoms with Crippen LogP contribution in [0.1, 0.15) is 37.4 Å². The molecule has 174 valence electrons. The molecule has 0 unspecified atom stereocenters. The number of alkyl halides is 3.